The predicted octanol–water partition coefficient (Wildman–Crippen LogP) is 0.256. The van der Waals surface area contributed by atoms with Crippen LogP contribution in [0.1, 0.15) is 32.1 Å². The van der Waals surface area contributed by atoms with Crippen LogP contribution in [0.15, 0.2) is 0 Å². The minimum atomic E-state index is -0.333. The Morgan fingerprint density at radius 2 is 1.83 bits per heavy atom. The zero-order valence-electron chi connectivity index (χ0n) is 11.4. The number of nitrogens with zero attached hydrogens (tertiary/aromatic N) is 2. The first kappa shape index (κ1) is 12.9. The second kappa shape index (κ2) is 5.08. The summed E-state index contributed by atoms with van der Waals surface area (Å²) in [6.07, 6.45) is 6.44. The molecule has 104 valence electrons. The summed E-state index contributed by atoms with van der Waals surface area (Å²) < 4.78 is 0. The molecule has 18 heavy (non-hydrogen) atoms. The summed E-state index contributed by atoms with van der Waals surface area (Å²) in [5.74, 6) is 0.563. The van der Waals surface area contributed by atoms with E-state index in [-0.39, 0.29) is 12.1 Å². The molecular formula is C14H27N3O. The second-order valence-corrected chi connectivity index (χ2v) is 6.59. The third-order valence-electron chi connectivity index (χ3n) is 5.11. The molecule has 3 rings (SSSR count). The van der Waals surface area contributed by atoms with Gasteiger partial charge in [-0.1, -0.05) is 0 Å². The minimum absolute atomic E-state index is 0.141. The van der Waals surface area contributed by atoms with E-state index in [4.69, 9.17) is 5.73 Å². The van der Waals surface area contributed by atoms with Crippen LogP contribution in [0.4, 0.5) is 0 Å². The van der Waals surface area contributed by atoms with Crippen molar-refractivity contribution in [3.8, 4) is 0 Å². The molecule has 2 saturated heterocycles. The molecule has 0 amide bonds. The summed E-state index contributed by atoms with van der Waals surface area (Å²) in [7, 11) is 0. The van der Waals surface area contributed by atoms with Crippen molar-refractivity contribution in [2.75, 3.05) is 39.3 Å². The zero-order chi connectivity index (χ0) is 12.6. The molecule has 3 fully saturated rings. The fraction of sp³-hybridized carbons (Fsp3) is 1.00. The maximum absolute atomic E-state index is 9.57. The third-order valence-corrected chi connectivity index (χ3v) is 5.11. The van der Waals surface area contributed by atoms with Crippen LogP contribution in [0, 0.1) is 5.92 Å². The van der Waals surface area contributed by atoms with Crippen LogP contribution in [0.3, 0.4) is 0 Å². The monoisotopic (exact) mass is 253 g/mol. The number of rotatable bonds is 5. The summed E-state index contributed by atoms with van der Waals surface area (Å²) in [5, 5.41) is 9.57. The normalized spacial score (nSPS) is 34.0. The smallest absolute Gasteiger partial charge is 0.0626 e. The molecule has 2 atom stereocenters. The van der Waals surface area contributed by atoms with Crippen molar-refractivity contribution >= 4 is 0 Å². The second-order valence-electron chi connectivity index (χ2n) is 6.59. The molecule has 4 heteroatoms. The van der Waals surface area contributed by atoms with Crippen LogP contribution in [0.2, 0.25) is 0 Å². The Labute approximate surface area is 110 Å². The highest BCUT2D eigenvalue weighted by Gasteiger charge is 2.44. The quantitative estimate of drug-likeness (QED) is 0.738. The van der Waals surface area contributed by atoms with Gasteiger partial charge < -0.3 is 10.8 Å². The van der Waals surface area contributed by atoms with Crippen LogP contribution in [-0.2, 0) is 0 Å². The van der Waals surface area contributed by atoms with E-state index in [2.05, 4.69) is 9.80 Å². The summed E-state index contributed by atoms with van der Waals surface area (Å²) >= 11 is 0. The molecule has 0 aromatic heterocycles. The van der Waals surface area contributed by atoms with Crippen molar-refractivity contribution in [3.05, 3.63) is 0 Å². The van der Waals surface area contributed by atoms with Gasteiger partial charge in [-0.3, -0.25) is 9.80 Å². The van der Waals surface area contributed by atoms with Crippen molar-refractivity contribution in [2.45, 2.75) is 43.7 Å². The van der Waals surface area contributed by atoms with E-state index in [1.54, 1.807) is 0 Å². The van der Waals surface area contributed by atoms with Gasteiger partial charge in [-0.05, 0) is 57.7 Å². The Bertz CT molecular complexity index is 289. The van der Waals surface area contributed by atoms with Crippen LogP contribution in [0.5, 0.6) is 0 Å². The topological polar surface area (TPSA) is 52.7 Å². The van der Waals surface area contributed by atoms with Crippen molar-refractivity contribution < 1.29 is 5.11 Å². The van der Waals surface area contributed by atoms with Crippen molar-refractivity contribution in [2.24, 2.45) is 11.7 Å². The first-order valence-corrected chi connectivity index (χ1v) is 7.57. The highest BCUT2D eigenvalue weighted by Crippen LogP contribution is 2.39. The lowest BCUT2D eigenvalue weighted by Gasteiger charge is -2.32. The minimum Gasteiger partial charge on any atom is -0.394 e. The molecule has 0 radical (unpaired) electrons. The van der Waals surface area contributed by atoms with Gasteiger partial charge in [0.05, 0.1) is 12.1 Å². The van der Waals surface area contributed by atoms with Crippen LogP contribution < -0.4 is 5.73 Å². The van der Waals surface area contributed by atoms with Crippen LogP contribution >= 0.6 is 0 Å². The highest BCUT2D eigenvalue weighted by atomic mass is 16.3. The van der Waals surface area contributed by atoms with Gasteiger partial charge in [0.15, 0.2) is 0 Å². The zero-order valence-corrected chi connectivity index (χ0v) is 11.4. The maximum Gasteiger partial charge on any atom is 0.0626 e. The van der Waals surface area contributed by atoms with Gasteiger partial charge >= 0.3 is 0 Å². The van der Waals surface area contributed by atoms with Gasteiger partial charge in [0, 0.05) is 19.1 Å². The number of aliphatic hydroxyl groups excluding tert-OH is 1. The number of likely N-dealkylation sites (tertiary alicyclic amines) is 2. The maximum atomic E-state index is 9.57. The molecule has 1 aliphatic carbocycles. The molecule has 2 heterocycles. The number of nitrogens with two attached hydrogens (primary N) is 1. The average Bonchev–Trinajstić information content (AvgIpc) is 2.91. The summed E-state index contributed by atoms with van der Waals surface area (Å²) in [6, 6.07) is 0.745. The Kier molecular flexibility index (Phi) is 3.63. The van der Waals surface area contributed by atoms with Crippen molar-refractivity contribution in [1.82, 2.24) is 9.80 Å². The molecule has 4 nitrogen and oxygen atoms in total. The van der Waals surface area contributed by atoms with E-state index in [9.17, 15) is 5.11 Å². The first-order chi connectivity index (χ1) is 8.71. The van der Waals surface area contributed by atoms with Crippen molar-refractivity contribution in [3.63, 3.8) is 0 Å². The molecular weight excluding hydrogens is 226 g/mol. The SMILES string of the molecule is NC(CO)(CN1CCC(N2CCCC2)C1)C1CC1. The molecule has 2 aliphatic heterocycles. The van der Waals surface area contributed by atoms with Gasteiger partial charge in [0.1, 0.15) is 0 Å². The van der Waals surface area contributed by atoms with E-state index >= 15 is 0 Å². The van der Waals surface area contributed by atoms with E-state index in [1.165, 1.54) is 45.2 Å². The Morgan fingerprint density at radius 3 is 2.44 bits per heavy atom. The molecule has 0 aromatic carbocycles. The molecule has 0 bridgehead atoms. The number of hydrogen-bond donors (Lipinski definition) is 2. The van der Waals surface area contributed by atoms with Gasteiger partial charge in [0.25, 0.3) is 0 Å². The molecule has 3 aliphatic rings. The highest BCUT2D eigenvalue weighted by molar-refractivity contribution is 5.01. The Balaban J connectivity index is 1.52. The molecule has 0 aromatic rings. The van der Waals surface area contributed by atoms with Crippen molar-refractivity contribution in [1.29, 1.82) is 0 Å². The first-order valence-electron chi connectivity index (χ1n) is 7.57. The fourth-order valence-corrected chi connectivity index (χ4v) is 3.74. The summed E-state index contributed by atoms with van der Waals surface area (Å²) in [6.45, 7) is 5.92. The van der Waals surface area contributed by atoms with Gasteiger partial charge in [-0.15, -0.1) is 0 Å². The van der Waals surface area contributed by atoms with E-state index in [0.29, 0.717) is 5.92 Å². The summed E-state index contributed by atoms with van der Waals surface area (Å²) in [5.41, 5.74) is 6.04. The van der Waals surface area contributed by atoms with E-state index in [0.717, 1.165) is 25.7 Å². The van der Waals surface area contributed by atoms with Crippen LogP contribution in [0.25, 0.3) is 0 Å². The van der Waals surface area contributed by atoms with E-state index in [1.807, 2.05) is 0 Å². The van der Waals surface area contributed by atoms with Gasteiger partial charge in [0.2, 0.25) is 0 Å². The summed E-state index contributed by atoms with van der Waals surface area (Å²) in [4.78, 5) is 5.13. The fourth-order valence-electron chi connectivity index (χ4n) is 3.74. The molecule has 3 N–H and O–H groups in total. The van der Waals surface area contributed by atoms with Crippen LogP contribution in [-0.4, -0.2) is 65.8 Å². The third kappa shape index (κ3) is 2.57. The number of aliphatic hydroxyl groups is 1. The van der Waals surface area contributed by atoms with E-state index < -0.39 is 0 Å². The standard InChI is InChI=1S/C14H27N3O/c15-14(11-18,12-3-4-12)10-16-8-5-13(9-16)17-6-1-2-7-17/h12-13,18H,1-11,15H2. The molecule has 1 saturated carbocycles. The average molecular weight is 253 g/mol. The molecule has 2 unspecified atom stereocenters. The van der Waals surface area contributed by atoms with Gasteiger partial charge in [-0.25, -0.2) is 0 Å². The lowest BCUT2D eigenvalue weighted by Crippen LogP contribution is -2.54. The number of hydrogen-bond acceptors (Lipinski definition) is 4. The molecule has 0 spiro atoms. The van der Waals surface area contributed by atoms with Gasteiger partial charge in [-0.2, -0.15) is 0 Å². The Hall–Kier alpha value is -0.160. The Morgan fingerprint density at radius 1 is 1.11 bits per heavy atom. The largest absolute Gasteiger partial charge is 0.394 e. The predicted molar refractivity (Wildman–Crippen MR) is 72.4 cm³/mol. The lowest BCUT2D eigenvalue weighted by molar-refractivity contribution is 0.127. The lowest BCUT2D eigenvalue weighted by atomic mass is 9.95.